The fourth-order valence-corrected chi connectivity index (χ4v) is 7.08. The molecule has 0 spiro atoms. The number of ether oxygens (including phenoxy) is 3. The zero-order valence-electron chi connectivity index (χ0n) is 17.8. The fraction of sp³-hybridized carbons (Fsp3) is 0.864. The van der Waals surface area contributed by atoms with E-state index in [1.807, 2.05) is 0 Å². The van der Waals surface area contributed by atoms with Crippen LogP contribution < -0.4 is 0 Å². The SMILES string of the molecule is COC(=O)OCC12CCC3C(C)(C)CCCC3(C)C1CCC(C(=O)OC)C2=O. The molecular formula is C22H34O6. The molecule has 0 bridgehead atoms. The average Bonchev–Trinajstić information content (AvgIpc) is 2.65. The van der Waals surface area contributed by atoms with Gasteiger partial charge in [0.15, 0.2) is 5.78 Å². The molecule has 0 aromatic heterocycles. The van der Waals surface area contributed by atoms with Crippen molar-refractivity contribution in [1.29, 1.82) is 0 Å². The molecule has 0 radical (unpaired) electrons. The smallest absolute Gasteiger partial charge is 0.468 e. The first kappa shape index (κ1) is 21.1. The molecule has 3 saturated carbocycles. The lowest BCUT2D eigenvalue weighted by Crippen LogP contribution is -2.63. The van der Waals surface area contributed by atoms with Crippen LogP contribution >= 0.6 is 0 Å². The number of hydrogen-bond acceptors (Lipinski definition) is 6. The average molecular weight is 395 g/mol. The van der Waals surface area contributed by atoms with Crippen molar-refractivity contribution in [2.75, 3.05) is 20.8 Å². The van der Waals surface area contributed by atoms with E-state index >= 15 is 0 Å². The topological polar surface area (TPSA) is 78.9 Å². The largest absolute Gasteiger partial charge is 0.508 e. The quantitative estimate of drug-likeness (QED) is 0.528. The minimum Gasteiger partial charge on any atom is -0.468 e. The molecule has 28 heavy (non-hydrogen) atoms. The summed E-state index contributed by atoms with van der Waals surface area (Å²) in [6.45, 7) is 6.99. The molecule has 3 aliphatic carbocycles. The number of carbonyl (C=O) groups is 3. The van der Waals surface area contributed by atoms with Crippen molar-refractivity contribution in [3.8, 4) is 0 Å². The van der Waals surface area contributed by atoms with Gasteiger partial charge in [0.05, 0.1) is 19.6 Å². The van der Waals surface area contributed by atoms with Gasteiger partial charge >= 0.3 is 12.1 Å². The Bertz CT molecular complexity index is 655. The predicted molar refractivity (Wildman–Crippen MR) is 102 cm³/mol. The molecule has 158 valence electrons. The molecular weight excluding hydrogens is 360 g/mol. The van der Waals surface area contributed by atoms with Gasteiger partial charge in [0.25, 0.3) is 0 Å². The second-order valence-corrected chi connectivity index (χ2v) is 9.91. The van der Waals surface area contributed by atoms with E-state index in [0.29, 0.717) is 18.8 Å². The third kappa shape index (κ3) is 3.13. The molecule has 0 saturated heterocycles. The summed E-state index contributed by atoms with van der Waals surface area (Å²) in [6, 6.07) is 0. The van der Waals surface area contributed by atoms with Crippen molar-refractivity contribution in [2.24, 2.45) is 34.0 Å². The van der Waals surface area contributed by atoms with Gasteiger partial charge in [-0.1, -0.05) is 27.2 Å². The molecule has 3 rings (SSSR count). The number of methoxy groups -OCH3 is 2. The first-order valence-electron chi connectivity index (χ1n) is 10.5. The second kappa shape index (κ2) is 7.34. The molecule has 0 aromatic rings. The van der Waals surface area contributed by atoms with Gasteiger partial charge in [-0.15, -0.1) is 0 Å². The highest BCUT2D eigenvalue weighted by molar-refractivity contribution is 6.03. The summed E-state index contributed by atoms with van der Waals surface area (Å²) in [5, 5.41) is 0. The monoisotopic (exact) mass is 394 g/mol. The van der Waals surface area contributed by atoms with Gasteiger partial charge in [-0.25, -0.2) is 4.79 Å². The molecule has 0 N–H and O–H groups in total. The number of Topliss-reactive ketones (excluding diaryl/α,β-unsaturated/α-hetero) is 1. The van der Waals surface area contributed by atoms with Crippen LogP contribution in [0.3, 0.4) is 0 Å². The molecule has 0 aliphatic heterocycles. The van der Waals surface area contributed by atoms with E-state index in [0.717, 1.165) is 25.7 Å². The fourth-order valence-electron chi connectivity index (χ4n) is 7.08. The normalized spacial score (nSPS) is 39.3. The first-order valence-corrected chi connectivity index (χ1v) is 10.5. The zero-order chi connectivity index (χ0) is 20.7. The Kier molecular flexibility index (Phi) is 5.54. The van der Waals surface area contributed by atoms with E-state index in [1.54, 1.807) is 0 Å². The number of esters is 1. The van der Waals surface area contributed by atoms with Gasteiger partial charge in [-0.3, -0.25) is 9.59 Å². The summed E-state index contributed by atoms with van der Waals surface area (Å²) in [6.07, 6.45) is 5.47. The Morgan fingerprint density at radius 2 is 1.68 bits per heavy atom. The summed E-state index contributed by atoms with van der Waals surface area (Å²) < 4.78 is 14.9. The van der Waals surface area contributed by atoms with Crippen LogP contribution in [0.25, 0.3) is 0 Å². The Hall–Kier alpha value is -1.59. The van der Waals surface area contributed by atoms with Crippen molar-refractivity contribution in [3.05, 3.63) is 0 Å². The Morgan fingerprint density at radius 1 is 0.964 bits per heavy atom. The molecule has 0 amide bonds. The summed E-state index contributed by atoms with van der Waals surface area (Å²) >= 11 is 0. The van der Waals surface area contributed by atoms with Crippen LogP contribution in [-0.4, -0.2) is 38.7 Å². The third-order valence-corrected chi connectivity index (χ3v) is 8.27. The number of hydrogen-bond donors (Lipinski definition) is 0. The molecule has 5 atom stereocenters. The van der Waals surface area contributed by atoms with E-state index < -0.39 is 23.5 Å². The highest BCUT2D eigenvalue weighted by Gasteiger charge is 2.65. The van der Waals surface area contributed by atoms with Crippen molar-refractivity contribution < 1.29 is 28.6 Å². The van der Waals surface area contributed by atoms with Crippen LogP contribution in [-0.2, 0) is 23.8 Å². The number of ketones is 1. The predicted octanol–water partition coefficient (Wildman–Crippen LogP) is 4.15. The Balaban J connectivity index is 2.00. The van der Waals surface area contributed by atoms with Gasteiger partial charge in [0.1, 0.15) is 12.5 Å². The molecule has 6 nitrogen and oxygen atoms in total. The van der Waals surface area contributed by atoms with Gasteiger partial charge in [-0.2, -0.15) is 0 Å². The van der Waals surface area contributed by atoms with E-state index in [-0.39, 0.29) is 29.1 Å². The van der Waals surface area contributed by atoms with Crippen LogP contribution in [0.1, 0.15) is 65.7 Å². The molecule has 3 fully saturated rings. The van der Waals surface area contributed by atoms with Crippen LogP contribution in [0.5, 0.6) is 0 Å². The van der Waals surface area contributed by atoms with Crippen molar-refractivity contribution in [1.82, 2.24) is 0 Å². The molecule has 3 aliphatic rings. The summed E-state index contributed by atoms with van der Waals surface area (Å²) in [5.74, 6) is -0.734. The van der Waals surface area contributed by atoms with Crippen molar-refractivity contribution >= 4 is 17.9 Å². The third-order valence-electron chi connectivity index (χ3n) is 8.27. The number of fused-ring (bicyclic) bond motifs is 3. The second-order valence-electron chi connectivity index (χ2n) is 9.91. The maximum absolute atomic E-state index is 13.6. The van der Waals surface area contributed by atoms with E-state index in [2.05, 4.69) is 25.5 Å². The molecule has 0 aromatic carbocycles. The van der Waals surface area contributed by atoms with E-state index in [4.69, 9.17) is 9.47 Å². The lowest BCUT2D eigenvalue weighted by molar-refractivity contribution is -0.187. The highest BCUT2D eigenvalue weighted by Crippen LogP contribution is 2.67. The van der Waals surface area contributed by atoms with Crippen LogP contribution in [0.2, 0.25) is 0 Å². The highest BCUT2D eigenvalue weighted by atomic mass is 16.7. The first-order chi connectivity index (χ1) is 13.1. The van der Waals surface area contributed by atoms with Crippen molar-refractivity contribution in [3.63, 3.8) is 0 Å². The molecule has 6 heteroatoms. The molecule has 0 heterocycles. The van der Waals surface area contributed by atoms with Gasteiger partial charge in [0.2, 0.25) is 0 Å². The van der Waals surface area contributed by atoms with Crippen LogP contribution in [0.4, 0.5) is 4.79 Å². The lowest BCUT2D eigenvalue weighted by Gasteiger charge is -2.64. The lowest BCUT2D eigenvalue weighted by atomic mass is 9.40. The van der Waals surface area contributed by atoms with E-state index in [9.17, 15) is 14.4 Å². The summed E-state index contributed by atoms with van der Waals surface area (Å²) in [5.41, 5.74) is -0.606. The van der Waals surface area contributed by atoms with Gasteiger partial charge < -0.3 is 14.2 Å². The van der Waals surface area contributed by atoms with Crippen LogP contribution in [0, 0.1) is 34.0 Å². The van der Waals surface area contributed by atoms with Crippen molar-refractivity contribution in [2.45, 2.75) is 65.7 Å². The van der Waals surface area contributed by atoms with Gasteiger partial charge in [-0.05, 0) is 61.2 Å². The van der Waals surface area contributed by atoms with E-state index in [1.165, 1.54) is 20.6 Å². The summed E-state index contributed by atoms with van der Waals surface area (Å²) in [4.78, 5) is 37.6. The maximum Gasteiger partial charge on any atom is 0.508 e. The number of carbonyl (C=O) groups excluding carboxylic acids is 3. The maximum atomic E-state index is 13.6. The number of rotatable bonds is 3. The van der Waals surface area contributed by atoms with Crippen LogP contribution in [0.15, 0.2) is 0 Å². The Morgan fingerprint density at radius 3 is 2.32 bits per heavy atom. The zero-order valence-corrected chi connectivity index (χ0v) is 17.8. The molecule has 5 unspecified atom stereocenters. The standard InChI is InChI=1S/C22H34O6/c1-20(2)10-6-11-21(3)15(20)9-12-22(13-28-19(25)27-5)16(21)8-7-14(17(22)23)18(24)26-4/h14-16H,6-13H2,1-5H3. The minimum atomic E-state index is -0.829. The Labute approximate surface area is 167 Å². The van der Waals surface area contributed by atoms with Gasteiger partial charge in [0, 0.05) is 0 Å². The summed E-state index contributed by atoms with van der Waals surface area (Å²) in [7, 11) is 2.58. The minimum absolute atomic E-state index is 0.00374.